The second-order valence-electron chi connectivity index (χ2n) is 5.64. The van der Waals surface area contributed by atoms with Crippen molar-refractivity contribution in [2.24, 2.45) is 0 Å². The average Bonchev–Trinajstić information content (AvgIpc) is 2.47. The van der Waals surface area contributed by atoms with E-state index in [9.17, 15) is 0 Å². The van der Waals surface area contributed by atoms with Crippen molar-refractivity contribution >= 4 is 15.9 Å². The normalized spacial score (nSPS) is 24.5. The molecule has 1 aliphatic carbocycles. The lowest BCUT2D eigenvalue weighted by atomic mass is 9.95. The highest BCUT2D eigenvalue weighted by Gasteiger charge is 2.22. The summed E-state index contributed by atoms with van der Waals surface area (Å²) < 4.78 is 11.9. The quantitative estimate of drug-likeness (QED) is 0.669. The molecule has 1 saturated carbocycles. The minimum absolute atomic E-state index is 0.408. The lowest BCUT2D eigenvalue weighted by Gasteiger charge is -2.28. The van der Waals surface area contributed by atoms with Crippen LogP contribution in [0.15, 0.2) is 30.3 Å². The molecule has 0 saturated heterocycles. The molecule has 1 aromatic rings. The average molecular weight is 341 g/mol. The monoisotopic (exact) mass is 340 g/mol. The maximum absolute atomic E-state index is 6.00. The van der Waals surface area contributed by atoms with Gasteiger partial charge in [0.05, 0.1) is 18.8 Å². The Bertz CT molecular complexity index is 359. The molecular formula is C17H25BrO2. The SMILES string of the molecule is CC(Br)CCOC1CCC(OCc2ccccc2)CC1. The number of halogens is 1. The summed E-state index contributed by atoms with van der Waals surface area (Å²) >= 11 is 3.55. The van der Waals surface area contributed by atoms with Crippen LogP contribution in [0.5, 0.6) is 0 Å². The van der Waals surface area contributed by atoms with Crippen LogP contribution in [0.4, 0.5) is 0 Å². The Morgan fingerprint density at radius 2 is 1.65 bits per heavy atom. The van der Waals surface area contributed by atoms with Gasteiger partial charge < -0.3 is 9.47 Å². The first-order valence-electron chi connectivity index (χ1n) is 7.65. The minimum Gasteiger partial charge on any atom is -0.378 e. The topological polar surface area (TPSA) is 18.5 Å². The first-order chi connectivity index (χ1) is 9.74. The summed E-state index contributed by atoms with van der Waals surface area (Å²) in [4.78, 5) is 0.549. The Kier molecular flexibility index (Phi) is 7.05. The van der Waals surface area contributed by atoms with Crippen molar-refractivity contribution in [2.75, 3.05) is 6.61 Å². The smallest absolute Gasteiger partial charge is 0.0720 e. The zero-order chi connectivity index (χ0) is 14.2. The van der Waals surface area contributed by atoms with Gasteiger partial charge in [-0.25, -0.2) is 0 Å². The minimum atomic E-state index is 0.408. The van der Waals surface area contributed by atoms with E-state index in [1.54, 1.807) is 0 Å². The van der Waals surface area contributed by atoms with E-state index < -0.39 is 0 Å². The van der Waals surface area contributed by atoms with Gasteiger partial charge in [0, 0.05) is 11.4 Å². The zero-order valence-electron chi connectivity index (χ0n) is 12.3. The van der Waals surface area contributed by atoms with Crippen molar-refractivity contribution in [1.29, 1.82) is 0 Å². The van der Waals surface area contributed by atoms with Crippen molar-refractivity contribution in [2.45, 2.75) is 62.7 Å². The van der Waals surface area contributed by atoms with Crippen molar-refractivity contribution in [3.63, 3.8) is 0 Å². The Morgan fingerprint density at radius 1 is 1.05 bits per heavy atom. The van der Waals surface area contributed by atoms with Crippen LogP contribution >= 0.6 is 15.9 Å². The van der Waals surface area contributed by atoms with Crippen LogP contribution in [0.1, 0.15) is 44.6 Å². The predicted octanol–water partition coefficient (Wildman–Crippen LogP) is 4.70. The molecule has 2 rings (SSSR count). The van der Waals surface area contributed by atoms with E-state index in [0.29, 0.717) is 17.0 Å². The van der Waals surface area contributed by atoms with Crippen LogP contribution in [0, 0.1) is 0 Å². The van der Waals surface area contributed by atoms with Crippen LogP contribution in [0.2, 0.25) is 0 Å². The third-order valence-electron chi connectivity index (χ3n) is 3.82. The van der Waals surface area contributed by atoms with E-state index in [-0.39, 0.29) is 0 Å². The molecule has 3 heteroatoms. The molecule has 1 aromatic carbocycles. The van der Waals surface area contributed by atoms with Gasteiger partial charge in [-0.05, 0) is 37.7 Å². The fourth-order valence-electron chi connectivity index (χ4n) is 2.55. The first kappa shape index (κ1) is 16.0. The molecule has 0 N–H and O–H groups in total. The summed E-state index contributed by atoms with van der Waals surface area (Å²) in [6, 6.07) is 10.4. The number of hydrogen-bond donors (Lipinski definition) is 0. The van der Waals surface area contributed by atoms with E-state index in [1.165, 1.54) is 5.56 Å². The number of rotatable bonds is 7. The molecule has 0 aliphatic heterocycles. The molecule has 0 amide bonds. The van der Waals surface area contributed by atoms with Gasteiger partial charge in [-0.1, -0.05) is 53.2 Å². The van der Waals surface area contributed by atoms with Gasteiger partial charge in [0.25, 0.3) is 0 Å². The highest BCUT2D eigenvalue weighted by Crippen LogP contribution is 2.24. The maximum atomic E-state index is 6.00. The largest absolute Gasteiger partial charge is 0.378 e. The van der Waals surface area contributed by atoms with E-state index in [4.69, 9.17) is 9.47 Å². The fourth-order valence-corrected chi connectivity index (χ4v) is 2.74. The van der Waals surface area contributed by atoms with E-state index in [2.05, 4.69) is 47.1 Å². The molecule has 1 unspecified atom stereocenters. The fraction of sp³-hybridized carbons (Fsp3) is 0.647. The Morgan fingerprint density at radius 3 is 2.25 bits per heavy atom. The van der Waals surface area contributed by atoms with Gasteiger partial charge in [-0.3, -0.25) is 0 Å². The second-order valence-corrected chi connectivity index (χ2v) is 7.20. The molecule has 0 aromatic heterocycles. The Labute approximate surface area is 131 Å². The Balaban J connectivity index is 1.59. The number of ether oxygens (including phenoxy) is 2. The van der Waals surface area contributed by atoms with Gasteiger partial charge in [-0.15, -0.1) is 0 Å². The summed E-state index contributed by atoms with van der Waals surface area (Å²) in [5, 5.41) is 0. The molecule has 1 aliphatic rings. The predicted molar refractivity (Wildman–Crippen MR) is 86.2 cm³/mol. The Hall–Kier alpha value is -0.380. The summed E-state index contributed by atoms with van der Waals surface area (Å²) in [5.74, 6) is 0. The van der Waals surface area contributed by atoms with Crippen LogP contribution in [0.25, 0.3) is 0 Å². The highest BCUT2D eigenvalue weighted by atomic mass is 79.9. The number of hydrogen-bond acceptors (Lipinski definition) is 2. The van der Waals surface area contributed by atoms with Crippen molar-refractivity contribution < 1.29 is 9.47 Å². The van der Waals surface area contributed by atoms with Gasteiger partial charge in [0.1, 0.15) is 0 Å². The van der Waals surface area contributed by atoms with Gasteiger partial charge in [0.15, 0.2) is 0 Å². The van der Waals surface area contributed by atoms with Crippen LogP contribution < -0.4 is 0 Å². The highest BCUT2D eigenvalue weighted by molar-refractivity contribution is 9.09. The zero-order valence-corrected chi connectivity index (χ0v) is 13.8. The molecule has 112 valence electrons. The molecule has 1 atom stereocenters. The van der Waals surface area contributed by atoms with Crippen molar-refractivity contribution in [1.82, 2.24) is 0 Å². The summed E-state index contributed by atoms with van der Waals surface area (Å²) in [5.41, 5.74) is 1.26. The molecule has 0 radical (unpaired) electrons. The second kappa shape index (κ2) is 8.81. The third kappa shape index (κ3) is 5.94. The lowest BCUT2D eigenvalue weighted by Crippen LogP contribution is -2.27. The lowest BCUT2D eigenvalue weighted by molar-refractivity contribution is -0.0370. The molecule has 0 heterocycles. The van der Waals surface area contributed by atoms with Crippen LogP contribution in [-0.4, -0.2) is 23.6 Å². The van der Waals surface area contributed by atoms with Crippen LogP contribution in [-0.2, 0) is 16.1 Å². The summed E-state index contributed by atoms with van der Waals surface area (Å²) in [6.07, 6.45) is 6.46. The third-order valence-corrected chi connectivity index (χ3v) is 4.28. The first-order valence-corrected chi connectivity index (χ1v) is 8.57. The molecule has 0 bridgehead atoms. The number of alkyl halides is 1. The molecule has 1 fully saturated rings. The van der Waals surface area contributed by atoms with Gasteiger partial charge in [0.2, 0.25) is 0 Å². The molecule has 20 heavy (non-hydrogen) atoms. The van der Waals surface area contributed by atoms with Crippen LogP contribution in [0.3, 0.4) is 0 Å². The number of benzene rings is 1. The standard InChI is InChI=1S/C17H25BrO2/c1-14(18)11-12-19-16-7-9-17(10-8-16)20-13-15-5-3-2-4-6-15/h2-6,14,16-17H,7-13H2,1H3. The van der Waals surface area contributed by atoms with E-state index in [1.807, 2.05) is 6.07 Å². The van der Waals surface area contributed by atoms with E-state index in [0.717, 1.165) is 45.3 Å². The maximum Gasteiger partial charge on any atom is 0.0720 e. The summed E-state index contributed by atoms with van der Waals surface area (Å²) in [7, 11) is 0. The van der Waals surface area contributed by atoms with Crippen molar-refractivity contribution in [3.8, 4) is 0 Å². The summed E-state index contributed by atoms with van der Waals surface area (Å²) in [6.45, 7) is 3.77. The van der Waals surface area contributed by atoms with Crippen molar-refractivity contribution in [3.05, 3.63) is 35.9 Å². The van der Waals surface area contributed by atoms with Gasteiger partial charge in [-0.2, -0.15) is 0 Å². The molecular weight excluding hydrogens is 316 g/mol. The van der Waals surface area contributed by atoms with Gasteiger partial charge >= 0.3 is 0 Å². The van der Waals surface area contributed by atoms with E-state index >= 15 is 0 Å². The molecule has 2 nitrogen and oxygen atoms in total. The molecule has 0 spiro atoms.